The molecule has 16 heavy (non-hydrogen) atoms. The Hall–Kier alpha value is -0.170. The Labute approximate surface area is 95.2 Å². The minimum Gasteiger partial charge on any atom is -0.347 e. The summed E-state index contributed by atoms with van der Waals surface area (Å²) in [6, 6.07) is 0. The van der Waals surface area contributed by atoms with Gasteiger partial charge in [0.25, 0.3) is 10.1 Å². The SMILES string of the molecule is CS(=O)(=O)OC[C@H]1[C@H]2CCC3(OCCO3)[C@H]21. The molecule has 0 aromatic heterocycles. The van der Waals surface area contributed by atoms with Crippen molar-refractivity contribution in [1.82, 2.24) is 0 Å². The first-order valence-corrected chi connectivity index (χ1v) is 7.46. The quantitative estimate of drug-likeness (QED) is 0.675. The lowest BCUT2D eigenvalue weighted by Crippen LogP contribution is -2.32. The summed E-state index contributed by atoms with van der Waals surface area (Å²) < 4.78 is 38.1. The molecule has 3 rings (SSSR count). The van der Waals surface area contributed by atoms with Crippen LogP contribution in [-0.4, -0.2) is 40.3 Å². The summed E-state index contributed by atoms with van der Waals surface area (Å²) in [6.07, 6.45) is 3.09. The van der Waals surface area contributed by atoms with E-state index in [0.29, 0.717) is 31.0 Å². The number of rotatable bonds is 3. The van der Waals surface area contributed by atoms with Gasteiger partial charge >= 0.3 is 0 Å². The van der Waals surface area contributed by atoms with Gasteiger partial charge in [0.2, 0.25) is 0 Å². The molecule has 3 atom stereocenters. The first-order chi connectivity index (χ1) is 7.52. The monoisotopic (exact) mass is 248 g/mol. The van der Waals surface area contributed by atoms with E-state index in [0.717, 1.165) is 19.1 Å². The molecule has 1 spiro atoms. The van der Waals surface area contributed by atoms with Gasteiger partial charge in [-0.05, 0) is 18.3 Å². The second kappa shape index (κ2) is 3.41. The Morgan fingerprint density at radius 1 is 1.38 bits per heavy atom. The van der Waals surface area contributed by atoms with E-state index >= 15 is 0 Å². The number of ether oxygens (including phenoxy) is 2. The number of hydrogen-bond donors (Lipinski definition) is 0. The second-order valence-corrected chi connectivity index (χ2v) is 6.53. The summed E-state index contributed by atoms with van der Waals surface area (Å²) in [7, 11) is -3.33. The fourth-order valence-corrected chi connectivity index (χ4v) is 3.67. The molecule has 3 aliphatic rings. The summed E-state index contributed by atoms with van der Waals surface area (Å²) in [5.41, 5.74) is 0. The third kappa shape index (κ3) is 1.68. The van der Waals surface area contributed by atoms with Crippen molar-refractivity contribution in [3.63, 3.8) is 0 Å². The second-order valence-electron chi connectivity index (χ2n) is 4.89. The zero-order chi connectivity index (χ0) is 11.4. The first kappa shape index (κ1) is 11.0. The van der Waals surface area contributed by atoms with Crippen LogP contribution in [0.1, 0.15) is 12.8 Å². The van der Waals surface area contributed by atoms with Crippen LogP contribution in [0.5, 0.6) is 0 Å². The van der Waals surface area contributed by atoms with Crippen LogP contribution < -0.4 is 0 Å². The molecule has 0 radical (unpaired) electrons. The average Bonchev–Trinajstić information content (AvgIpc) is 2.58. The molecule has 0 bridgehead atoms. The lowest BCUT2D eigenvalue weighted by atomic mass is 10.1. The zero-order valence-corrected chi connectivity index (χ0v) is 10.0. The lowest BCUT2D eigenvalue weighted by molar-refractivity contribution is -0.171. The summed E-state index contributed by atoms with van der Waals surface area (Å²) >= 11 is 0. The van der Waals surface area contributed by atoms with Crippen LogP contribution in [0.2, 0.25) is 0 Å². The Kier molecular flexibility index (Phi) is 2.34. The van der Waals surface area contributed by atoms with Crippen molar-refractivity contribution in [3.8, 4) is 0 Å². The van der Waals surface area contributed by atoms with E-state index in [9.17, 15) is 8.42 Å². The highest BCUT2D eigenvalue weighted by Gasteiger charge is 2.68. The van der Waals surface area contributed by atoms with Crippen molar-refractivity contribution >= 4 is 10.1 Å². The van der Waals surface area contributed by atoms with Crippen molar-refractivity contribution in [2.45, 2.75) is 18.6 Å². The molecule has 0 unspecified atom stereocenters. The van der Waals surface area contributed by atoms with E-state index in [1.54, 1.807) is 0 Å². The van der Waals surface area contributed by atoms with Gasteiger partial charge in [-0.15, -0.1) is 0 Å². The summed E-state index contributed by atoms with van der Waals surface area (Å²) in [6.45, 7) is 1.59. The van der Waals surface area contributed by atoms with Crippen molar-refractivity contribution in [3.05, 3.63) is 0 Å². The van der Waals surface area contributed by atoms with Gasteiger partial charge in [-0.2, -0.15) is 8.42 Å². The molecule has 0 N–H and O–H groups in total. The molecule has 6 heteroatoms. The summed E-state index contributed by atoms with van der Waals surface area (Å²) in [5, 5.41) is 0. The predicted octanol–water partition coefficient (Wildman–Crippen LogP) is 0.362. The minimum absolute atomic E-state index is 0.280. The standard InChI is InChI=1S/C10H16O5S/c1-16(11,12)15-6-8-7-2-3-10(9(7)8)13-4-5-14-10/h7-9H,2-6H2,1H3/t7-,8+,9-/m1/s1. The van der Waals surface area contributed by atoms with Gasteiger partial charge in [0.15, 0.2) is 5.79 Å². The molecule has 2 saturated carbocycles. The van der Waals surface area contributed by atoms with Crippen molar-refractivity contribution in [2.75, 3.05) is 26.1 Å². The van der Waals surface area contributed by atoms with E-state index in [1.807, 2.05) is 0 Å². The van der Waals surface area contributed by atoms with Crippen LogP contribution >= 0.6 is 0 Å². The van der Waals surface area contributed by atoms with Crippen molar-refractivity contribution in [1.29, 1.82) is 0 Å². The van der Waals surface area contributed by atoms with Crippen LogP contribution in [0.3, 0.4) is 0 Å². The molecule has 5 nitrogen and oxygen atoms in total. The van der Waals surface area contributed by atoms with Crippen LogP contribution in [0.4, 0.5) is 0 Å². The van der Waals surface area contributed by atoms with Gasteiger partial charge in [0.1, 0.15) is 0 Å². The van der Waals surface area contributed by atoms with Crippen molar-refractivity contribution in [2.24, 2.45) is 17.8 Å². The maximum absolute atomic E-state index is 10.9. The molecule has 1 saturated heterocycles. The van der Waals surface area contributed by atoms with Gasteiger partial charge in [0.05, 0.1) is 26.1 Å². The number of fused-ring (bicyclic) bond motifs is 2. The Morgan fingerprint density at radius 2 is 2.06 bits per heavy atom. The fraction of sp³-hybridized carbons (Fsp3) is 1.00. The Bertz CT molecular complexity index is 379. The Balaban J connectivity index is 1.62. The molecule has 0 amide bonds. The first-order valence-electron chi connectivity index (χ1n) is 5.64. The van der Waals surface area contributed by atoms with E-state index in [1.165, 1.54) is 0 Å². The zero-order valence-electron chi connectivity index (χ0n) is 9.22. The molecule has 2 aliphatic carbocycles. The fourth-order valence-electron chi connectivity index (χ4n) is 3.26. The molecule has 0 aromatic carbocycles. The maximum Gasteiger partial charge on any atom is 0.264 e. The molecule has 1 aliphatic heterocycles. The molecule has 0 aromatic rings. The van der Waals surface area contributed by atoms with Crippen LogP contribution in [0.15, 0.2) is 0 Å². The highest BCUT2D eigenvalue weighted by atomic mass is 32.2. The van der Waals surface area contributed by atoms with E-state index in [-0.39, 0.29) is 6.61 Å². The van der Waals surface area contributed by atoms with Crippen LogP contribution in [-0.2, 0) is 23.8 Å². The normalized spacial score (nSPS) is 40.2. The maximum atomic E-state index is 10.9. The van der Waals surface area contributed by atoms with Gasteiger partial charge in [-0.1, -0.05) is 0 Å². The van der Waals surface area contributed by atoms with Crippen LogP contribution in [0.25, 0.3) is 0 Å². The van der Waals surface area contributed by atoms with Gasteiger partial charge in [-0.3, -0.25) is 4.18 Å². The van der Waals surface area contributed by atoms with Gasteiger partial charge < -0.3 is 9.47 Å². The molecular weight excluding hydrogens is 232 g/mol. The van der Waals surface area contributed by atoms with Gasteiger partial charge in [0, 0.05) is 12.3 Å². The number of hydrogen-bond acceptors (Lipinski definition) is 5. The minimum atomic E-state index is -3.33. The van der Waals surface area contributed by atoms with Crippen LogP contribution in [0, 0.1) is 17.8 Å². The summed E-state index contributed by atoms with van der Waals surface area (Å²) in [4.78, 5) is 0. The smallest absolute Gasteiger partial charge is 0.264 e. The average molecular weight is 248 g/mol. The topological polar surface area (TPSA) is 61.8 Å². The summed E-state index contributed by atoms with van der Waals surface area (Å²) in [5.74, 6) is 0.758. The lowest BCUT2D eigenvalue weighted by Gasteiger charge is -2.24. The van der Waals surface area contributed by atoms with E-state index in [2.05, 4.69) is 0 Å². The molecular formula is C10H16O5S. The van der Waals surface area contributed by atoms with Crippen molar-refractivity contribution < 1.29 is 22.1 Å². The highest BCUT2D eigenvalue weighted by Crippen LogP contribution is 2.64. The largest absolute Gasteiger partial charge is 0.347 e. The predicted molar refractivity (Wildman–Crippen MR) is 55.1 cm³/mol. The van der Waals surface area contributed by atoms with Gasteiger partial charge in [-0.25, -0.2) is 0 Å². The molecule has 3 fully saturated rings. The Morgan fingerprint density at radius 3 is 2.69 bits per heavy atom. The third-order valence-electron chi connectivity index (χ3n) is 3.92. The molecule has 1 heterocycles. The molecule has 92 valence electrons. The highest BCUT2D eigenvalue weighted by molar-refractivity contribution is 7.85. The van der Waals surface area contributed by atoms with E-state index in [4.69, 9.17) is 13.7 Å². The third-order valence-corrected chi connectivity index (χ3v) is 4.48. The van der Waals surface area contributed by atoms with E-state index < -0.39 is 15.9 Å².